The first-order chi connectivity index (χ1) is 17.3. The highest BCUT2D eigenvalue weighted by Gasteiger charge is 2.42. The molecule has 1 fully saturated rings. The van der Waals surface area contributed by atoms with E-state index in [0.29, 0.717) is 34.3 Å². The number of carbonyl (C=O) groups is 3. The second-order valence-corrected chi connectivity index (χ2v) is 9.24. The molecule has 1 saturated heterocycles. The monoisotopic (exact) mass is 527 g/mol. The molecule has 1 aromatic heterocycles. The zero-order valence-corrected chi connectivity index (χ0v) is 21.5. The molecule has 0 aliphatic carbocycles. The van der Waals surface area contributed by atoms with Gasteiger partial charge in [0.25, 0.3) is 5.91 Å². The van der Waals surface area contributed by atoms with E-state index in [4.69, 9.17) is 23.2 Å². The number of halogens is 2. The average molecular weight is 528 g/mol. The van der Waals surface area contributed by atoms with E-state index in [-0.39, 0.29) is 5.70 Å². The van der Waals surface area contributed by atoms with Crippen molar-refractivity contribution in [3.63, 3.8) is 0 Å². The summed E-state index contributed by atoms with van der Waals surface area (Å²) in [5, 5.41) is 7.41. The van der Waals surface area contributed by atoms with Crippen molar-refractivity contribution >= 4 is 58.0 Å². The average Bonchev–Trinajstić information content (AvgIpc) is 3.38. The van der Waals surface area contributed by atoms with Gasteiger partial charge in [-0.15, -0.1) is 0 Å². The largest absolute Gasteiger partial charge is 0.361 e. The molecule has 0 radical (unpaired) electrons. The van der Waals surface area contributed by atoms with Crippen LogP contribution in [0.25, 0.3) is 17.0 Å². The molecule has 10 heteroatoms. The number of nitrogens with zero attached hydrogens (tertiary/aromatic N) is 2. The van der Waals surface area contributed by atoms with Gasteiger partial charge in [0.15, 0.2) is 0 Å². The van der Waals surface area contributed by atoms with E-state index in [0.717, 1.165) is 28.9 Å². The molecule has 36 heavy (non-hydrogen) atoms. The number of H-pyrrole nitrogens is 1. The number of rotatable bonds is 9. The van der Waals surface area contributed by atoms with Gasteiger partial charge in [0, 0.05) is 45.8 Å². The lowest BCUT2D eigenvalue weighted by Crippen LogP contribution is -2.45. The van der Waals surface area contributed by atoms with Crippen LogP contribution < -0.4 is 10.6 Å². The molecular weight excluding hydrogens is 501 g/mol. The van der Waals surface area contributed by atoms with Crippen LogP contribution >= 0.6 is 23.2 Å². The second kappa shape index (κ2) is 11.2. The third-order valence-electron chi connectivity index (χ3n) is 6.20. The number of benzene rings is 2. The van der Waals surface area contributed by atoms with Gasteiger partial charge in [-0.1, -0.05) is 55.2 Å². The van der Waals surface area contributed by atoms with Gasteiger partial charge in [-0.2, -0.15) is 0 Å². The summed E-state index contributed by atoms with van der Waals surface area (Å²) in [6.45, 7) is 6.84. The SMILES string of the molecule is CCN(CC)CCNC(=O)C(c1ccc(Cl)cc1)N1C(=O)N/C(=C\c2c[nH]c3cc(Cl)ccc23)C1=O. The lowest BCUT2D eigenvalue weighted by Gasteiger charge is -2.25. The highest BCUT2D eigenvalue weighted by atomic mass is 35.5. The number of aromatic amines is 1. The molecule has 4 rings (SSSR count). The number of hydrogen-bond acceptors (Lipinski definition) is 4. The fraction of sp³-hybridized carbons (Fsp3) is 0.269. The van der Waals surface area contributed by atoms with Crippen molar-refractivity contribution in [3.8, 4) is 0 Å². The van der Waals surface area contributed by atoms with E-state index in [9.17, 15) is 14.4 Å². The number of amides is 4. The molecule has 3 aromatic rings. The molecule has 188 valence electrons. The number of nitrogens with one attached hydrogen (secondary N) is 3. The zero-order chi connectivity index (χ0) is 25.8. The van der Waals surface area contributed by atoms with Gasteiger partial charge in [-0.3, -0.25) is 9.59 Å². The Morgan fingerprint density at radius 1 is 1.08 bits per heavy atom. The van der Waals surface area contributed by atoms with Gasteiger partial charge >= 0.3 is 6.03 Å². The van der Waals surface area contributed by atoms with E-state index in [2.05, 4.69) is 20.5 Å². The Morgan fingerprint density at radius 3 is 2.47 bits per heavy atom. The third kappa shape index (κ3) is 5.41. The standard InChI is InChI=1S/C26H27Cl2N5O3/c1-3-32(4-2)12-11-29-24(34)23(16-5-7-18(27)8-6-16)33-25(35)22(31-26(33)36)13-17-15-30-21-14-19(28)9-10-20(17)21/h5-10,13-15,23,30H,3-4,11-12H2,1-2H3,(H,29,34)(H,31,36)/b22-13-. The summed E-state index contributed by atoms with van der Waals surface area (Å²) in [5.41, 5.74) is 2.06. The van der Waals surface area contributed by atoms with Crippen LogP contribution in [0.1, 0.15) is 31.0 Å². The molecule has 0 saturated carbocycles. The highest BCUT2D eigenvalue weighted by molar-refractivity contribution is 6.31. The Morgan fingerprint density at radius 2 is 1.78 bits per heavy atom. The van der Waals surface area contributed by atoms with Gasteiger partial charge in [0.2, 0.25) is 5.91 Å². The molecule has 2 aromatic carbocycles. The lowest BCUT2D eigenvalue weighted by molar-refractivity contribution is -0.133. The summed E-state index contributed by atoms with van der Waals surface area (Å²) in [4.78, 5) is 46.0. The Kier molecular flexibility index (Phi) is 7.98. The second-order valence-electron chi connectivity index (χ2n) is 8.37. The van der Waals surface area contributed by atoms with Crippen molar-refractivity contribution in [3.05, 3.63) is 75.5 Å². The number of imide groups is 1. The minimum Gasteiger partial charge on any atom is -0.361 e. The topological polar surface area (TPSA) is 97.5 Å². The minimum absolute atomic E-state index is 0.0748. The van der Waals surface area contributed by atoms with Gasteiger partial charge in [-0.05, 0) is 49.0 Å². The van der Waals surface area contributed by atoms with Crippen LogP contribution in [0.2, 0.25) is 10.0 Å². The molecule has 1 aliphatic rings. The summed E-state index contributed by atoms with van der Waals surface area (Å²) in [6.07, 6.45) is 3.32. The quantitative estimate of drug-likeness (QED) is 0.280. The zero-order valence-electron chi connectivity index (χ0n) is 20.0. The Hall–Kier alpha value is -3.33. The van der Waals surface area contributed by atoms with E-state index >= 15 is 0 Å². The van der Waals surface area contributed by atoms with Gasteiger partial charge in [0.1, 0.15) is 11.7 Å². The van der Waals surface area contributed by atoms with Crippen LogP contribution in [-0.2, 0) is 9.59 Å². The molecule has 0 bridgehead atoms. The number of likely N-dealkylation sites (N-methyl/N-ethyl adjacent to an activating group) is 1. The Balaban J connectivity index is 1.62. The maximum absolute atomic E-state index is 13.4. The van der Waals surface area contributed by atoms with Crippen LogP contribution in [0.15, 0.2) is 54.4 Å². The molecule has 1 aliphatic heterocycles. The molecule has 8 nitrogen and oxygen atoms in total. The minimum atomic E-state index is -1.15. The van der Waals surface area contributed by atoms with Crippen molar-refractivity contribution < 1.29 is 14.4 Å². The Bertz CT molecular complexity index is 1310. The fourth-order valence-electron chi connectivity index (χ4n) is 4.22. The first kappa shape index (κ1) is 25.8. The molecule has 4 amide bonds. The van der Waals surface area contributed by atoms with Crippen LogP contribution in [0, 0.1) is 0 Å². The molecule has 1 unspecified atom stereocenters. The number of carbonyl (C=O) groups excluding carboxylic acids is 3. The number of aromatic nitrogens is 1. The van der Waals surface area contributed by atoms with E-state index in [1.807, 2.05) is 19.9 Å². The van der Waals surface area contributed by atoms with Gasteiger partial charge in [0.05, 0.1) is 0 Å². The van der Waals surface area contributed by atoms with Crippen LogP contribution in [-0.4, -0.2) is 58.8 Å². The van der Waals surface area contributed by atoms with E-state index in [1.165, 1.54) is 0 Å². The fourth-order valence-corrected chi connectivity index (χ4v) is 4.51. The predicted octanol–water partition coefficient (Wildman–Crippen LogP) is 4.57. The number of fused-ring (bicyclic) bond motifs is 1. The van der Waals surface area contributed by atoms with Crippen molar-refractivity contribution in [2.45, 2.75) is 19.9 Å². The maximum atomic E-state index is 13.4. The van der Waals surface area contributed by atoms with Crippen LogP contribution in [0.4, 0.5) is 4.79 Å². The van der Waals surface area contributed by atoms with E-state index < -0.39 is 23.9 Å². The highest BCUT2D eigenvalue weighted by Crippen LogP contribution is 2.29. The molecule has 2 heterocycles. The molecule has 1 atom stereocenters. The predicted molar refractivity (Wildman–Crippen MR) is 142 cm³/mol. The summed E-state index contributed by atoms with van der Waals surface area (Å²) < 4.78 is 0. The molecular formula is C26H27Cl2N5O3. The first-order valence-corrected chi connectivity index (χ1v) is 12.5. The number of urea groups is 1. The van der Waals surface area contributed by atoms with Crippen molar-refractivity contribution in [2.75, 3.05) is 26.2 Å². The Labute approximate surface area is 219 Å². The van der Waals surface area contributed by atoms with Gasteiger partial charge < -0.3 is 20.5 Å². The van der Waals surface area contributed by atoms with Crippen molar-refractivity contribution in [2.24, 2.45) is 0 Å². The molecule has 3 N–H and O–H groups in total. The smallest absolute Gasteiger partial charge is 0.330 e. The van der Waals surface area contributed by atoms with Crippen molar-refractivity contribution in [1.82, 2.24) is 25.4 Å². The summed E-state index contributed by atoms with van der Waals surface area (Å²) in [7, 11) is 0. The summed E-state index contributed by atoms with van der Waals surface area (Å²) >= 11 is 12.1. The van der Waals surface area contributed by atoms with E-state index in [1.54, 1.807) is 48.7 Å². The maximum Gasteiger partial charge on any atom is 0.330 e. The first-order valence-electron chi connectivity index (χ1n) is 11.7. The van der Waals surface area contributed by atoms with Crippen LogP contribution in [0.5, 0.6) is 0 Å². The molecule has 0 spiro atoms. The number of hydrogen-bond donors (Lipinski definition) is 3. The van der Waals surface area contributed by atoms with Crippen molar-refractivity contribution in [1.29, 1.82) is 0 Å². The summed E-state index contributed by atoms with van der Waals surface area (Å²) in [5.74, 6) is -1.04. The summed E-state index contributed by atoms with van der Waals surface area (Å²) in [6, 6.07) is 10.1. The van der Waals surface area contributed by atoms with Crippen LogP contribution in [0.3, 0.4) is 0 Å². The normalized spacial score (nSPS) is 15.7. The third-order valence-corrected chi connectivity index (χ3v) is 6.69. The van der Waals surface area contributed by atoms with Gasteiger partial charge in [-0.25, -0.2) is 9.69 Å². The lowest BCUT2D eigenvalue weighted by atomic mass is 10.0.